The largest absolute Gasteiger partial charge is 0.444 e. The molecule has 2 aliphatic heterocycles. The van der Waals surface area contributed by atoms with Crippen molar-refractivity contribution >= 4 is 21.8 Å². The maximum absolute atomic E-state index is 12.7. The Bertz CT molecular complexity index is 773. The molecule has 0 radical (unpaired) electrons. The van der Waals surface area contributed by atoms with E-state index < -0.39 is 15.6 Å². The van der Waals surface area contributed by atoms with Gasteiger partial charge in [-0.3, -0.25) is 0 Å². The minimum Gasteiger partial charge on any atom is -0.444 e. The molecule has 3 rings (SSSR count). The minimum atomic E-state index is -3.57. The number of piperidine rings is 1. The number of nitrogens with one attached hydrogen (secondary N) is 1. The van der Waals surface area contributed by atoms with Crippen LogP contribution in [0.1, 0.15) is 46.5 Å². The van der Waals surface area contributed by atoms with Gasteiger partial charge in [0, 0.05) is 37.9 Å². The van der Waals surface area contributed by atoms with E-state index in [1.165, 1.54) is 12.8 Å². The van der Waals surface area contributed by atoms with Crippen molar-refractivity contribution in [2.45, 2.75) is 63.0 Å². The number of ether oxygens (including phenoxy) is 1. The summed E-state index contributed by atoms with van der Waals surface area (Å²) in [4.78, 5) is 16.3. The molecule has 2 saturated heterocycles. The first-order chi connectivity index (χ1) is 13.1. The third-order valence-electron chi connectivity index (χ3n) is 5.09. The zero-order valence-electron chi connectivity index (χ0n) is 17.0. The first-order valence-corrected chi connectivity index (χ1v) is 11.5. The number of hydrogen-bond acceptors (Lipinski definition) is 5. The zero-order chi connectivity index (χ0) is 20.4. The van der Waals surface area contributed by atoms with Crippen LogP contribution < -0.4 is 9.62 Å². The van der Waals surface area contributed by atoms with Gasteiger partial charge >= 0.3 is 6.09 Å². The molecule has 0 atom stereocenters. The predicted octanol–water partition coefficient (Wildman–Crippen LogP) is 2.96. The number of hydrogen-bond donors (Lipinski definition) is 1. The van der Waals surface area contributed by atoms with Crippen LogP contribution in [0.4, 0.5) is 10.5 Å². The smallest absolute Gasteiger partial charge is 0.410 e. The second-order valence-corrected chi connectivity index (χ2v) is 10.3. The van der Waals surface area contributed by atoms with Gasteiger partial charge in [0.25, 0.3) is 0 Å². The Labute approximate surface area is 168 Å². The lowest BCUT2D eigenvalue weighted by molar-refractivity contribution is 0.0203. The van der Waals surface area contributed by atoms with Crippen LogP contribution in [0.3, 0.4) is 0 Å². The molecule has 28 heavy (non-hydrogen) atoms. The molecule has 156 valence electrons. The standard InChI is InChI=1S/C20H31N3O4S/c1-20(2,3)27-19(24)23-14-10-16(11-15-23)21-28(25,26)18-8-6-17(7-9-18)22-12-4-5-13-22/h6-9,16,21H,4-5,10-15H2,1-3H3. The van der Waals surface area contributed by atoms with Crippen LogP contribution in [-0.2, 0) is 14.8 Å². The molecule has 2 fully saturated rings. The molecule has 2 aliphatic rings. The third-order valence-corrected chi connectivity index (χ3v) is 6.62. The number of nitrogens with zero attached hydrogens (tertiary/aromatic N) is 2. The zero-order valence-corrected chi connectivity index (χ0v) is 17.8. The average Bonchev–Trinajstić information content (AvgIpc) is 3.15. The van der Waals surface area contributed by atoms with Gasteiger partial charge in [-0.25, -0.2) is 17.9 Å². The van der Waals surface area contributed by atoms with E-state index in [-0.39, 0.29) is 17.0 Å². The molecular formula is C20H31N3O4S. The number of benzene rings is 1. The van der Waals surface area contributed by atoms with E-state index in [0.29, 0.717) is 25.9 Å². The van der Waals surface area contributed by atoms with Crippen molar-refractivity contribution in [3.05, 3.63) is 24.3 Å². The van der Waals surface area contributed by atoms with Crippen molar-refractivity contribution in [2.24, 2.45) is 0 Å². The van der Waals surface area contributed by atoms with Crippen molar-refractivity contribution in [1.29, 1.82) is 0 Å². The van der Waals surface area contributed by atoms with Crippen LogP contribution >= 0.6 is 0 Å². The van der Waals surface area contributed by atoms with Gasteiger partial charge < -0.3 is 14.5 Å². The minimum absolute atomic E-state index is 0.179. The Morgan fingerprint density at radius 2 is 1.61 bits per heavy atom. The molecule has 7 nitrogen and oxygen atoms in total. The molecule has 0 unspecified atom stereocenters. The molecule has 2 heterocycles. The van der Waals surface area contributed by atoms with Gasteiger partial charge in [-0.05, 0) is 70.7 Å². The van der Waals surface area contributed by atoms with E-state index in [9.17, 15) is 13.2 Å². The van der Waals surface area contributed by atoms with Gasteiger partial charge in [-0.1, -0.05) is 0 Å². The fourth-order valence-electron chi connectivity index (χ4n) is 3.61. The summed E-state index contributed by atoms with van der Waals surface area (Å²) in [5.74, 6) is 0. The monoisotopic (exact) mass is 409 g/mol. The lowest BCUT2D eigenvalue weighted by atomic mass is 10.1. The van der Waals surface area contributed by atoms with Gasteiger partial charge in [-0.15, -0.1) is 0 Å². The van der Waals surface area contributed by atoms with Crippen LogP contribution in [0.25, 0.3) is 0 Å². The van der Waals surface area contributed by atoms with Gasteiger partial charge in [0.05, 0.1) is 4.90 Å². The fraction of sp³-hybridized carbons (Fsp3) is 0.650. The summed E-state index contributed by atoms with van der Waals surface area (Å²) in [5.41, 5.74) is 0.540. The molecule has 0 bridgehead atoms. The van der Waals surface area contributed by atoms with Crippen molar-refractivity contribution in [3.63, 3.8) is 0 Å². The van der Waals surface area contributed by atoms with Crippen LogP contribution in [-0.4, -0.2) is 57.2 Å². The van der Waals surface area contributed by atoms with Gasteiger partial charge in [0.15, 0.2) is 0 Å². The van der Waals surface area contributed by atoms with Crippen LogP contribution in [0.15, 0.2) is 29.2 Å². The Morgan fingerprint density at radius 1 is 1.04 bits per heavy atom. The quantitative estimate of drug-likeness (QED) is 0.827. The maximum atomic E-state index is 12.7. The van der Waals surface area contributed by atoms with Crippen LogP contribution in [0.2, 0.25) is 0 Å². The second-order valence-electron chi connectivity index (χ2n) is 8.55. The average molecular weight is 410 g/mol. The number of carbonyl (C=O) groups is 1. The summed E-state index contributed by atoms with van der Waals surface area (Å²) in [7, 11) is -3.57. The summed E-state index contributed by atoms with van der Waals surface area (Å²) >= 11 is 0. The van der Waals surface area contributed by atoms with E-state index >= 15 is 0 Å². The van der Waals surface area contributed by atoms with Gasteiger partial charge in [-0.2, -0.15) is 0 Å². The number of amides is 1. The summed E-state index contributed by atoms with van der Waals surface area (Å²) in [5, 5.41) is 0. The number of rotatable bonds is 4. The molecule has 1 amide bonds. The highest BCUT2D eigenvalue weighted by Gasteiger charge is 2.29. The molecule has 1 aromatic carbocycles. The third kappa shape index (κ3) is 5.38. The highest BCUT2D eigenvalue weighted by Crippen LogP contribution is 2.23. The van der Waals surface area contributed by atoms with Gasteiger partial charge in [0.2, 0.25) is 10.0 Å². The van der Waals surface area contributed by atoms with E-state index in [0.717, 1.165) is 18.8 Å². The van der Waals surface area contributed by atoms with E-state index in [1.807, 2.05) is 32.9 Å². The number of likely N-dealkylation sites (tertiary alicyclic amines) is 1. The summed E-state index contributed by atoms with van der Waals surface area (Å²) in [6.45, 7) is 8.52. The van der Waals surface area contributed by atoms with Gasteiger partial charge in [0.1, 0.15) is 5.60 Å². The summed E-state index contributed by atoms with van der Waals surface area (Å²) in [6.07, 6.45) is 3.17. The van der Waals surface area contributed by atoms with Crippen LogP contribution in [0.5, 0.6) is 0 Å². The van der Waals surface area contributed by atoms with Crippen LogP contribution in [0, 0.1) is 0 Å². The first kappa shape index (κ1) is 20.9. The summed E-state index contributed by atoms with van der Waals surface area (Å²) < 4.78 is 33.6. The normalized spacial score (nSPS) is 19.1. The van der Waals surface area contributed by atoms with E-state index in [2.05, 4.69) is 9.62 Å². The first-order valence-electron chi connectivity index (χ1n) is 9.99. The van der Waals surface area contributed by atoms with Crippen molar-refractivity contribution in [1.82, 2.24) is 9.62 Å². The molecular weight excluding hydrogens is 378 g/mol. The highest BCUT2D eigenvalue weighted by molar-refractivity contribution is 7.89. The highest BCUT2D eigenvalue weighted by atomic mass is 32.2. The fourth-order valence-corrected chi connectivity index (χ4v) is 4.91. The molecule has 8 heteroatoms. The molecule has 1 aromatic rings. The Hall–Kier alpha value is -1.80. The molecule has 0 spiro atoms. The van der Waals surface area contributed by atoms with E-state index in [4.69, 9.17) is 4.74 Å². The molecule has 1 N–H and O–H groups in total. The molecule has 0 aromatic heterocycles. The topological polar surface area (TPSA) is 79.0 Å². The molecule has 0 saturated carbocycles. The second kappa shape index (κ2) is 8.29. The Morgan fingerprint density at radius 3 is 2.14 bits per heavy atom. The Balaban J connectivity index is 1.54. The Kier molecular flexibility index (Phi) is 6.19. The van der Waals surface area contributed by atoms with Crippen molar-refractivity contribution in [2.75, 3.05) is 31.1 Å². The lowest BCUT2D eigenvalue weighted by Crippen LogP contribution is -2.47. The lowest BCUT2D eigenvalue weighted by Gasteiger charge is -2.33. The number of carbonyl (C=O) groups excluding carboxylic acids is 1. The molecule has 0 aliphatic carbocycles. The predicted molar refractivity (Wildman–Crippen MR) is 109 cm³/mol. The van der Waals surface area contributed by atoms with Crippen molar-refractivity contribution < 1.29 is 17.9 Å². The maximum Gasteiger partial charge on any atom is 0.410 e. The number of sulfonamides is 1. The number of anilines is 1. The summed E-state index contributed by atoms with van der Waals surface area (Å²) in [6, 6.07) is 6.93. The van der Waals surface area contributed by atoms with E-state index in [1.54, 1.807) is 17.0 Å². The van der Waals surface area contributed by atoms with Crippen molar-refractivity contribution in [3.8, 4) is 0 Å². The SMILES string of the molecule is CC(C)(C)OC(=O)N1CCC(NS(=O)(=O)c2ccc(N3CCCC3)cc2)CC1.